The smallest absolute Gasteiger partial charge is 0.222 e. The van der Waals surface area contributed by atoms with Gasteiger partial charge in [0, 0.05) is 44.1 Å². The van der Waals surface area contributed by atoms with Crippen LogP contribution >= 0.6 is 0 Å². The molecule has 2 fully saturated rings. The standard InChI is InChI=1S/C20H26N4O4/c1-15-5-6-16(10-21-15)28-17-13-26-18-11-23(12-19(18)27-14-17)20(25)4-2-8-24-9-3-7-22-24/h3,5-7,9-10,17-19H,2,4,8,11-14H2,1H3/t18-,19-/m0/s1. The summed E-state index contributed by atoms with van der Waals surface area (Å²) in [5.74, 6) is 0.856. The fourth-order valence-electron chi connectivity index (χ4n) is 3.55. The molecule has 0 aliphatic carbocycles. The van der Waals surface area contributed by atoms with Crippen LogP contribution in [0.5, 0.6) is 5.75 Å². The Morgan fingerprint density at radius 2 is 2.04 bits per heavy atom. The number of ether oxygens (including phenoxy) is 3. The summed E-state index contributed by atoms with van der Waals surface area (Å²) in [7, 11) is 0. The van der Waals surface area contributed by atoms with Gasteiger partial charge in [-0.3, -0.25) is 14.5 Å². The Balaban J connectivity index is 1.22. The van der Waals surface area contributed by atoms with Gasteiger partial charge < -0.3 is 19.1 Å². The third-order valence-corrected chi connectivity index (χ3v) is 5.08. The van der Waals surface area contributed by atoms with Crippen molar-refractivity contribution in [2.24, 2.45) is 0 Å². The van der Waals surface area contributed by atoms with E-state index in [1.54, 1.807) is 12.4 Å². The molecule has 0 aromatic carbocycles. The van der Waals surface area contributed by atoms with Gasteiger partial charge in [-0.05, 0) is 31.5 Å². The molecule has 0 bridgehead atoms. The van der Waals surface area contributed by atoms with Gasteiger partial charge in [0.1, 0.15) is 24.1 Å². The Morgan fingerprint density at radius 3 is 2.68 bits per heavy atom. The van der Waals surface area contributed by atoms with E-state index in [0.29, 0.717) is 38.5 Å². The lowest BCUT2D eigenvalue weighted by Gasteiger charge is -2.19. The van der Waals surface area contributed by atoms with E-state index >= 15 is 0 Å². The number of rotatable bonds is 6. The van der Waals surface area contributed by atoms with E-state index in [9.17, 15) is 4.79 Å². The molecule has 2 saturated heterocycles. The number of carbonyl (C=O) groups excluding carboxylic acids is 1. The second-order valence-corrected chi connectivity index (χ2v) is 7.29. The highest BCUT2D eigenvalue weighted by Crippen LogP contribution is 2.23. The van der Waals surface area contributed by atoms with Crippen molar-refractivity contribution >= 4 is 5.91 Å². The molecule has 2 aliphatic heterocycles. The zero-order chi connectivity index (χ0) is 19.3. The van der Waals surface area contributed by atoms with E-state index in [1.165, 1.54) is 0 Å². The van der Waals surface area contributed by atoms with Crippen molar-refractivity contribution in [2.45, 2.75) is 44.6 Å². The fourth-order valence-corrected chi connectivity index (χ4v) is 3.55. The van der Waals surface area contributed by atoms with Gasteiger partial charge in [-0.15, -0.1) is 0 Å². The average molecular weight is 386 g/mol. The first-order chi connectivity index (χ1) is 13.7. The van der Waals surface area contributed by atoms with Crippen LogP contribution in [-0.2, 0) is 20.8 Å². The minimum Gasteiger partial charge on any atom is -0.484 e. The first kappa shape index (κ1) is 18.9. The minimum absolute atomic E-state index is 0.0974. The summed E-state index contributed by atoms with van der Waals surface area (Å²) < 4.78 is 19.8. The van der Waals surface area contributed by atoms with Gasteiger partial charge in [0.05, 0.1) is 19.4 Å². The molecular weight excluding hydrogens is 360 g/mol. The third-order valence-electron chi connectivity index (χ3n) is 5.08. The molecule has 0 spiro atoms. The second-order valence-electron chi connectivity index (χ2n) is 7.29. The van der Waals surface area contributed by atoms with Gasteiger partial charge >= 0.3 is 0 Å². The molecule has 2 aromatic rings. The minimum atomic E-state index is -0.173. The largest absolute Gasteiger partial charge is 0.484 e. The van der Waals surface area contributed by atoms with Crippen LogP contribution in [0.1, 0.15) is 18.5 Å². The molecule has 0 radical (unpaired) electrons. The van der Waals surface area contributed by atoms with Crippen LogP contribution in [0.2, 0.25) is 0 Å². The van der Waals surface area contributed by atoms with Crippen molar-refractivity contribution in [1.29, 1.82) is 0 Å². The van der Waals surface area contributed by atoms with Crippen molar-refractivity contribution < 1.29 is 19.0 Å². The van der Waals surface area contributed by atoms with Crippen molar-refractivity contribution in [3.05, 3.63) is 42.5 Å². The number of likely N-dealkylation sites (tertiary alicyclic amines) is 1. The molecule has 4 heterocycles. The monoisotopic (exact) mass is 386 g/mol. The van der Waals surface area contributed by atoms with Crippen LogP contribution in [0.25, 0.3) is 0 Å². The van der Waals surface area contributed by atoms with Crippen molar-refractivity contribution in [3.8, 4) is 5.75 Å². The zero-order valence-corrected chi connectivity index (χ0v) is 16.1. The number of hydrogen-bond donors (Lipinski definition) is 0. The number of pyridine rings is 1. The van der Waals surface area contributed by atoms with Gasteiger partial charge in [-0.2, -0.15) is 5.10 Å². The number of nitrogens with zero attached hydrogens (tertiary/aromatic N) is 4. The van der Waals surface area contributed by atoms with Gasteiger partial charge in [-0.1, -0.05) is 0 Å². The van der Waals surface area contributed by atoms with Gasteiger partial charge in [0.2, 0.25) is 5.91 Å². The molecule has 2 aliphatic rings. The molecule has 0 unspecified atom stereocenters. The van der Waals surface area contributed by atoms with E-state index in [1.807, 2.05) is 40.9 Å². The second kappa shape index (κ2) is 8.70. The fraction of sp³-hybridized carbons (Fsp3) is 0.550. The van der Waals surface area contributed by atoms with Crippen LogP contribution < -0.4 is 4.74 Å². The van der Waals surface area contributed by atoms with Crippen molar-refractivity contribution in [2.75, 3.05) is 26.3 Å². The SMILES string of the molecule is Cc1ccc(OC2CO[C@H]3CN(C(=O)CCCn4cccn4)C[C@@H]3OC2)cn1. The quantitative estimate of drug-likeness (QED) is 0.748. The number of aromatic nitrogens is 3. The van der Waals surface area contributed by atoms with Crippen LogP contribution in [0, 0.1) is 6.92 Å². The Morgan fingerprint density at radius 1 is 1.25 bits per heavy atom. The molecule has 1 amide bonds. The summed E-state index contributed by atoms with van der Waals surface area (Å²) in [4.78, 5) is 18.6. The van der Waals surface area contributed by atoms with Gasteiger partial charge in [-0.25, -0.2) is 0 Å². The van der Waals surface area contributed by atoms with Crippen LogP contribution in [0.3, 0.4) is 0 Å². The number of hydrogen-bond acceptors (Lipinski definition) is 6. The highest BCUT2D eigenvalue weighted by molar-refractivity contribution is 5.76. The summed E-state index contributed by atoms with van der Waals surface area (Å²) in [6.07, 6.45) is 6.28. The molecule has 0 saturated carbocycles. The Kier molecular flexibility index (Phi) is 5.87. The van der Waals surface area contributed by atoms with E-state index in [0.717, 1.165) is 18.7 Å². The molecule has 150 valence electrons. The van der Waals surface area contributed by atoms with Gasteiger partial charge in [0.15, 0.2) is 0 Å². The predicted octanol–water partition coefficient (Wildman–Crippen LogP) is 1.44. The van der Waals surface area contributed by atoms with Crippen LogP contribution in [0.4, 0.5) is 0 Å². The molecule has 2 aromatic heterocycles. The lowest BCUT2D eigenvalue weighted by Crippen LogP contribution is -2.32. The number of fused-ring (bicyclic) bond motifs is 1. The van der Waals surface area contributed by atoms with Gasteiger partial charge in [0.25, 0.3) is 0 Å². The van der Waals surface area contributed by atoms with Crippen molar-refractivity contribution in [3.63, 3.8) is 0 Å². The lowest BCUT2D eigenvalue weighted by atomic mass is 10.3. The maximum Gasteiger partial charge on any atom is 0.222 e. The maximum absolute atomic E-state index is 12.5. The van der Waals surface area contributed by atoms with Crippen LogP contribution in [0.15, 0.2) is 36.8 Å². The Hall–Kier alpha value is -2.45. The number of aryl methyl sites for hydroxylation is 2. The Labute approximate surface area is 164 Å². The van der Waals surface area contributed by atoms with Crippen molar-refractivity contribution in [1.82, 2.24) is 19.7 Å². The zero-order valence-electron chi connectivity index (χ0n) is 16.1. The summed E-state index contributed by atoms with van der Waals surface area (Å²) in [6, 6.07) is 5.70. The third kappa shape index (κ3) is 4.69. The van der Waals surface area contributed by atoms with E-state index < -0.39 is 0 Å². The first-order valence-corrected chi connectivity index (χ1v) is 9.75. The molecular formula is C20H26N4O4. The topological polar surface area (TPSA) is 78.7 Å². The molecule has 8 nitrogen and oxygen atoms in total. The Bertz CT molecular complexity index is 749. The lowest BCUT2D eigenvalue weighted by molar-refractivity contribution is -0.131. The average Bonchev–Trinajstić information content (AvgIpc) is 3.32. The summed E-state index contributed by atoms with van der Waals surface area (Å²) in [5.41, 5.74) is 0.949. The maximum atomic E-state index is 12.5. The molecule has 0 N–H and O–H groups in total. The number of amides is 1. The molecule has 8 heteroatoms. The van der Waals surface area contributed by atoms with E-state index in [2.05, 4.69) is 10.1 Å². The summed E-state index contributed by atoms with van der Waals surface area (Å²) in [5, 5.41) is 4.16. The normalized spacial score (nSPS) is 22.7. The van der Waals surface area contributed by atoms with Crippen LogP contribution in [-0.4, -0.2) is 70.2 Å². The summed E-state index contributed by atoms with van der Waals surface area (Å²) in [6.45, 7) is 4.72. The highest BCUT2D eigenvalue weighted by atomic mass is 16.6. The predicted molar refractivity (Wildman–Crippen MR) is 101 cm³/mol. The van der Waals surface area contributed by atoms with E-state index in [-0.39, 0.29) is 24.2 Å². The first-order valence-electron chi connectivity index (χ1n) is 9.75. The number of carbonyl (C=O) groups is 1. The molecule has 2 atom stereocenters. The molecule has 28 heavy (non-hydrogen) atoms. The summed E-state index contributed by atoms with van der Waals surface area (Å²) >= 11 is 0. The van der Waals surface area contributed by atoms with E-state index in [4.69, 9.17) is 14.2 Å². The molecule has 4 rings (SSSR count). The highest BCUT2D eigenvalue weighted by Gasteiger charge is 2.39.